The van der Waals surface area contributed by atoms with Crippen LogP contribution in [0.15, 0.2) is 54.6 Å². The Kier molecular flexibility index (Phi) is 4.46. The molecule has 6 heteroatoms. The molecule has 0 saturated heterocycles. The van der Waals surface area contributed by atoms with Gasteiger partial charge in [0, 0.05) is 6.54 Å². The van der Waals surface area contributed by atoms with Gasteiger partial charge >= 0.3 is 5.97 Å². The SMILES string of the molecule is CCOC(=O)c1c(N)n(CCc2ccccc2)c2nc3ccccc3nc12. The maximum Gasteiger partial charge on any atom is 0.344 e. The van der Waals surface area contributed by atoms with Crippen molar-refractivity contribution in [3.63, 3.8) is 0 Å². The summed E-state index contributed by atoms with van der Waals surface area (Å²) in [7, 11) is 0. The van der Waals surface area contributed by atoms with Crippen LogP contribution in [-0.4, -0.2) is 27.1 Å². The number of anilines is 1. The van der Waals surface area contributed by atoms with Gasteiger partial charge in [-0.25, -0.2) is 14.8 Å². The number of para-hydroxylation sites is 2. The molecule has 27 heavy (non-hydrogen) atoms. The highest BCUT2D eigenvalue weighted by atomic mass is 16.5. The molecule has 0 saturated carbocycles. The molecule has 136 valence electrons. The van der Waals surface area contributed by atoms with Crippen molar-refractivity contribution < 1.29 is 9.53 Å². The van der Waals surface area contributed by atoms with Crippen LogP contribution < -0.4 is 5.73 Å². The second-order valence-electron chi connectivity index (χ2n) is 6.25. The number of ether oxygens (including phenoxy) is 1. The van der Waals surface area contributed by atoms with E-state index in [-0.39, 0.29) is 12.2 Å². The van der Waals surface area contributed by atoms with Crippen LogP contribution in [0, 0.1) is 0 Å². The molecule has 4 rings (SSSR count). The van der Waals surface area contributed by atoms with Gasteiger partial charge in [0.2, 0.25) is 0 Å². The highest BCUT2D eigenvalue weighted by Crippen LogP contribution is 2.28. The lowest BCUT2D eigenvalue weighted by Gasteiger charge is -2.08. The average molecular weight is 360 g/mol. The molecular weight excluding hydrogens is 340 g/mol. The summed E-state index contributed by atoms with van der Waals surface area (Å²) in [4.78, 5) is 21.9. The van der Waals surface area contributed by atoms with Crippen molar-refractivity contribution in [2.75, 3.05) is 12.3 Å². The molecule has 2 aromatic carbocycles. The fraction of sp³-hybridized carbons (Fsp3) is 0.190. The van der Waals surface area contributed by atoms with E-state index in [1.807, 2.05) is 47.0 Å². The third-order valence-corrected chi connectivity index (χ3v) is 4.54. The lowest BCUT2D eigenvalue weighted by Crippen LogP contribution is -2.10. The number of carbonyl (C=O) groups is 1. The highest BCUT2D eigenvalue weighted by Gasteiger charge is 2.24. The summed E-state index contributed by atoms with van der Waals surface area (Å²) in [5.41, 5.74) is 10.4. The smallest absolute Gasteiger partial charge is 0.344 e. The zero-order chi connectivity index (χ0) is 18.8. The summed E-state index contributed by atoms with van der Waals surface area (Å²) < 4.78 is 7.06. The first-order valence-electron chi connectivity index (χ1n) is 8.94. The average Bonchev–Trinajstić information content (AvgIpc) is 2.96. The van der Waals surface area contributed by atoms with Crippen molar-refractivity contribution in [2.45, 2.75) is 19.9 Å². The van der Waals surface area contributed by atoms with Gasteiger partial charge in [0.05, 0.1) is 17.6 Å². The van der Waals surface area contributed by atoms with Crippen LogP contribution in [0.1, 0.15) is 22.8 Å². The molecule has 0 bridgehead atoms. The maximum absolute atomic E-state index is 12.5. The second-order valence-corrected chi connectivity index (χ2v) is 6.25. The highest BCUT2D eigenvalue weighted by molar-refractivity contribution is 6.08. The van der Waals surface area contributed by atoms with Crippen LogP contribution >= 0.6 is 0 Å². The molecule has 4 aromatic rings. The lowest BCUT2D eigenvalue weighted by molar-refractivity contribution is 0.0529. The molecule has 0 radical (unpaired) electrons. The number of hydrogen-bond donors (Lipinski definition) is 1. The van der Waals surface area contributed by atoms with Crippen LogP contribution in [-0.2, 0) is 17.7 Å². The minimum atomic E-state index is -0.469. The van der Waals surface area contributed by atoms with Gasteiger partial charge in [-0.1, -0.05) is 42.5 Å². The largest absolute Gasteiger partial charge is 0.462 e. The van der Waals surface area contributed by atoms with Gasteiger partial charge in [-0.05, 0) is 31.0 Å². The number of fused-ring (bicyclic) bond motifs is 2. The predicted octanol–water partition coefficient (Wildman–Crippen LogP) is 3.59. The number of nitrogens with zero attached hydrogens (tertiary/aromatic N) is 3. The number of nitrogen functional groups attached to an aromatic ring is 1. The van der Waals surface area contributed by atoms with Crippen LogP contribution in [0.4, 0.5) is 5.82 Å². The normalized spacial score (nSPS) is 11.1. The topological polar surface area (TPSA) is 83.0 Å². The van der Waals surface area contributed by atoms with E-state index in [1.165, 1.54) is 5.56 Å². The van der Waals surface area contributed by atoms with Crippen LogP contribution in [0.2, 0.25) is 0 Å². The Morgan fingerprint density at radius 3 is 2.41 bits per heavy atom. The van der Waals surface area contributed by atoms with E-state index in [9.17, 15) is 4.79 Å². The minimum Gasteiger partial charge on any atom is -0.462 e. The van der Waals surface area contributed by atoms with E-state index in [0.717, 1.165) is 17.5 Å². The number of aryl methyl sites for hydroxylation is 2. The number of nitrogens with two attached hydrogens (primary N) is 1. The first-order chi connectivity index (χ1) is 13.2. The van der Waals surface area contributed by atoms with Gasteiger partial charge in [-0.15, -0.1) is 0 Å². The van der Waals surface area contributed by atoms with E-state index in [0.29, 0.717) is 23.5 Å². The number of benzene rings is 2. The van der Waals surface area contributed by atoms with Gasteiger partial charge in [-0.2, -0.15) is 0 Å². The number of carbonyl (C=O) groups excluding carboxylic acids is 1. The van der Waals surface area contributed by atoms with Gasteiger partial charge < -0.3 is 15.0 Å². The first-order valence-corrected chi connectivity index (χ1v) is 8.94. The van der Waals surface area contributed by atoms with Crippen molar-refractivity contribution in [1.82, 2.24) is 14.5 Å². The summed E-state index contributed by atoms with van der Waals surface area (Å²) in [5, 5.41) is 0. The molecule has 0 atom stereocenters. The van der Waals surface area contributed by atoms with Crippen molar-refractivity contribution in [1.29, 1.82) is 0 Å². The summed E-state index contributed by atoms with van der Waals surface area (Å²) in [6.07, 6.45) is 0.769. The molecule has 0 spiro atoms. The fourth-order valence-corrected chi connectivity index (χ4v) is 3.23. The molecule has 0 aliphatic carbocycles. The Bertz CT molecular complexity index is 1120. The fourth-order valence-electron chi connectivity index (χ4n) is 3.23. The second kappa shape index (κ2) is 7.07. The van der Waals surface area contributed by atoms with E-state index in [4.69, 9.17) is 15.5 Å². The molecule has 0 aliphatic rings. The van der Waals surface area contributed by atoms with E-state index in [1.54, 1.807) is 6.92 Å². The van der Waals surface area contributed by atoms with Crippen molar-refractivity contribution in [2.24, 2.45) is 0 Å². The van der Waals surface area contributed by atoms with Crippen LogP contribution in [0.5, 0.6) is 0 Å². The Morgan fingerprint density at radius 2 is 1.70 bits per heavy atom. The van der Waals surface area contributed by atoms with Crippen LogP contribution in [0.3, 0.4) is 0 Å². The van der Waals surface area contributed by atoms with E-state index >= 15 is 0 Å². The van der Waals surface area contributed by atoms with Crippen molar-refractivity contribution >= 4 is 34.0 Å². The molecule has 0 amide bonds. The molecule has 2 aromatic heterocycles. The van der Waals surface area contributed by atoms with Crippen molar-refractivity contribution in [3.8, 4) is 0 Å². The zero-order valence-corrected chi connectivity index (χ0v) is 15.1. The molecule has 0 unspecified atom stereocenters. The van der Waals surface area contributed by atoms with Gasteiger partial charge in [-0.3, -0.25) is 0 Å². The summed E-state index contributed by atoms with van der Waals surface area (Å²) >= 11 is 0. The maximum atomic E-state index is 12.5. The van der Waals surface area contributed by atoms with Crippen molar-refractivity contribution in [3.05, 3.63) is 65.7 Å². The van der Waals surface area contributed by atoms with E-state index in [2.05, 4.69) is 17.1 Å². The summed E-state index contributed by atoms with van der Waals surface area (Å²) in [6.45, 7) is 2.64. The molecule has 0 fully saturated rings. The molecule has 2 heterocycles. The number of esters is 1. The number of aromatic nitrogens is 3. The Hall–Kier alpha value is -3.41. The predicted molar refractivity (Wildman–Crippen MR) is 106 cm³/mol. The first kappa shape index (κ1) is 17.0. The molecular formula is C21H20N4O2. The number of hydrogen-bond acceptors (Lipinski definition) is 5. The van der Waals surface area contributed by atoms with Gasteiger partial charge in [0.25, 0.3) is 0 Å². The third kappa shape index (κ3) is 3.10. The Labute approximate surface area is 156 Å². The minimum absolute atomic E-state index is 0.274. The molecule has 6 nitrogen and oxygen atoms in total. The Morgan fingerprint density at radius 1 is 1.04 bits per heavy atom. The summed E-state index contributed by atoms with van der Waals surface area (Å²) in [6, 6.07) is 17.7. The third-order valence-electron chi connectivity index (χ3n) is 4.54. The molecule has 2 N–H and O–H groups in total. The summed E-state index contributed by atoms with van der Waals surface area (Å²) in [5.74, 6) is -0.127. The quantitative estimate of drug-likeness (QED) is 0.550. The Balaban J connectivity index is 1.87. The number of rotatable bonds is 5. The monoisotopic (exact) mass is 360 g/mol. The van der Waals surface area contributed by atoms with Crippen LogP contribution in [0.25, 0.3) is 22.2 Å². The lowest BCUT2D eigenvalue weighted by atomic mass is 10.1. The molecule has 0 aliphatic heterocycles. The zero-order valence-electron chi connectivity index (χ0n) is 15.1. The standard InChI is InChI=1S/C21H20N4O2/c1-2-27-21(26)17-18-20(24-16-11-7-6-10-15(16)23-18)25(19(17)22)13-12-14-8-4-3-5-9-14/h3-11H,2,12-13,22H2,1H3. The van der Waals surface area contributed by atoms with Gasteiger partial charge in [0.15, 0.2) is 5.65 Å². The van der Waals surface area contributed by atoms with E-state index < -0.39 is 5.97 Å². The van der Waals surface area contributed by atoms with Gasteiger partial charge in [0.1, 0.15) is 16.9 Å².